The molecule has 0 saturated carbocycles. The first-order valence-corrected chi connectivity index (χ1v) is 7.12. The van der Waals surface area contributed by atoms with Gasteiger partial charge < -0.3 is 0 Å². The van der Waals surface area contributed by atoms with Gasteiger partial charge in [0, 0.05) is 22.0 Å². The Balaban J connectivity index is 2.04. The first kappa shape index (κ1) is 15.4. The van der Waals surface area contributed by atoms with Crippen molar-refractivity contribution in [3.8, 4) is 0 Å². The monoisotopic (exact) mass is 343 g/mol. The maximum atomic E-state index is 11.8. The van der Waals surface area contributed by atoms with Crippen LogP contribution in [0.25, 0.3) is 0 Å². The summed E-state index contributed by atoms with van der Waals surface area (Å²) in [6.07, 6.45) is 1.31. The van der Waals surface area contributed by atoms with Gasteiger partial charge in [-0.3, -0.25) is 14.9 Å². The highest BCUT2D eigenvalue weighted by Gasteiger charge is 2.11. The van der Waals surface area contributed by atoms with Crippen LogP contribution in [0, 0.1) is 10.1 Å². The molecule has 0 aliphatic carbocycles. The summed E-state index contributed by atoms with van der Waals surface area (Å²) in [6.45, 7) is 0. The Morgan fingerprint density at radius 1 is 1.38 bits per heavy atom. The maximum Gasteiger partial charge on any atom is 0.324 e. The van der Waals surface area contributed by atoms with E-state index in [4.69, 9.17) is 23.2 Å². The minimum absolute atomic E-state index is 0.000613. The van der Waals surface area contributed by atoms with Gasteiger partial charge in [-0.05, 0) is 18.2 Å². The molecule has 108 valence electrons. The molecule has 0 aliphatic heterocycles. The van der Waals surface area contributed by atoms with E-state index in [0.29, 0.717) is 10.6 Å². The lowest BCUT2D eigenvalue weighted by atomic mass is 10.2. The molecule has 9 heteroatoms. The van der Waals surface area contributed by atoms with Crippen LogP contribution in [0.1, 0.15) is 15.9 Å². The van der Waals surface area contributed by atoms with E-state index in [-0.39, 0.29) is 15.6 Å². The molecule has 21 heavy (non-hydrogen) atoms. The van der Waals surface area contributed by atoms with E-state index in [9.17, 15) is 14.9 Å². The summed E-state index contributed by atoms with van der Waals surface area (Å²) in [6, 6.07) is 5.84. The lowest BCUT2D eigenvalue weighted by Crippen LogP contribution is -2.18. The molecule has 0 atom stereocenters. The lowest BCUT2D eigenvalue weighted by molar-refractivity contribution is -0.380. The number of halogens is 2. The van der Waals surface area contributed by atoms with Crippen LogP contribution in [-0.2, 0) is 0 Å². The van der Waals surface area contributed by atoms with Crippen LogP contribution in [0.15, 0.2) is 34.7 Å². The third kappa shape index (κ3) is 4.01. The van der Waals surface area contributed by atoms with Crippen LogP contribution in [-0.4, -0.2) is 17.0 Å². The van der Waals surface area contributed by atoms with E-state index in [1.54, 1.807) is 11.4 Å². The molecular weight excluding hydrogens is 337 g/mol. The normalized spacial score (nSPS) is 10.8. The molecule has 0 aliphatic rings. The van der Waals surface area contributed by atoms with Crippen molar-refractivity contribution in [3.05, 3.63) is 60.9 Å². The first-order chi connectivity index (χ1) is 9.97. The molecule has 0 radical (unpaired) electrons. The summed E-state index contributed by atoms with van der Waals surface area (Å²) in [5.74, 6) is -0.525. The number of carbonyl (C=O) groups excluding carboxylic acids is 1. The van der Waals surface area contributed by atoms with E-state index < -0.39 is 10.8 Å². The third-order valence-corrected chi connectivity index (χ3v) is 3.80. The number of rotatable bonds is 4. The minimum atomic E-state index is -0.525. The van der Waals surface area contributed by atoms with Crippen molar-refractivity contribution in [3.63, 3.8) is 0 Å². The summed E-state index contributed by atoms with van der Waals surface area (Å²) < 4.78 is 0. The fraction of sp³-hybridized carbons (Fsp3) is 0. The number of hydrogen-bond acceptors (Lipinski definition) is 5. The van der Waals surface area contributed by atoms with Crippen LogP contribution in [0.5, 0.6) is 0 Å². The molecule has 6 nitrogen and oxygen atoms in total. The molecule has 0 spiro atoms. The van der Waals surface area contributed by atoms with E-state index >= 15 is 0 Å². The average molecular weight is 344 g/mol. The van der Waals surface area contributed by atoms with Gasteiger partial charge in [0.2, 0.25) is 0 Å². The Morgan fingerprint density at radius 2 is 2.14 bits per heavy atom. The van der Waals surface area contributed by atoms with E-state index in [1.165, 1.54) is 24.4 Å². The Kier molecular flexibility index (Phi) is 4.89. The van der Waals surface area contributed by atoms with E-state index in [2.05, 4.69) is 10.5 Å². The molecule has 2 aromatic rings. The molecule has 1 heterocycles. The summed E-state index contributed by atoms with van der Waals surface area (Å²) in [4.78, 5) is 21.9. The van der Waals surface area contributed by atoms with Gasteiger partial charge in [-0.1, -0.05) is 34.5 Å². The van der Waals surface area contributed by atoms with Crippen LogP contribution in [0.2, 0.25) is 10.0 Å². The summed E-state index contributed by atoms with van der Waals surface area (Å²) in [7, 11) is 0. The molecule has 0 saturated heterocycles. The predicted octanol–water partition coefficient (Wildman–Crippen LogP) is 3.73. The molecule has 1 aromatic heterocycles. The van der Waals surface area contributed by atoms with Crippen molar-refractivity contribution in [2.45, 2.75) is 0 Å². The third-order valence-electron chi connectivity index (χ3n) is 2.34. The standard InChI is InChI=1S/C12H7Cl2N3O3S/c13-8-1-2-10(14)9(4-8)12(18)16-15-5-7-3-11(17(19)20)21-6-7/h1-6H,(H,16,18). The molecule has 0 bridgehead atoms. The van der Waals surface area contributed by atoms with E-state index in [1.807, 2.05) is 0 Å². The van der Waals surface area contributed by atoms with Crippen molar-refractivity contribution in [1.82, 2.24) is 5.43 Å². The number of thiophene rings is 1. The number of nitrogens with zero attached hydrogens (tertiary/aromatic N) is 2. The Hall–Kier alpha value is -1.96. The van der Waals surface area contributed by atoms with Gasteiger partial charge in [0.05, 0.1) is 21.7 Å². The Morgan fingerprint density at radius 3 is 2.81 bits per heavy atom. The van der Waals surface area contributed by atoms with Gasteiger partial charge in [-0.15, -0.1) is 0 Å². The fourth-order valence-corrected chi connectivity index (χ4v) is 2.45. The zero-order chi connectivity index (χ0) is 15.4. The molecule has 1 N–H and O–H groups in total. The van der Waals surface area contributed by atoms with Crippen molar-refractivity contribution in [2.75, 3.05) is 0 Å². The Bertz CT molecular complexity index is 730. The smallest absolute Gasteiger partial charge is 0.267 e. The molecule has 0 fully saturated rings. The number of nitrogens with one attached hydrogen (secondary N) is 1. The van der Waals surface area contributed by atoms with Crippen molar-refractivity contribution < 1.29 is 9.72 Å². The van der Waals surface area contributed by atoms with Gasteiger partial charge in [0.25, 0.3) is 5.91 Å². The number of benzene rings is 1. The van der Waals surface area contributed by atoms with Gasteiger partial charge in [-0.2, -0.15) is 5.10 Å². The second-order valence-corrected chi connectivity index (χ2v) is 5.53. The largest absolute Gasteiger partial charge is 0.324 e. The summed E-state index contributed by atoms with van der Waals surface area (Å²) in [5, 5.41) is 16.4. The van der Waals surface area contributed by atoms with Gasteiger partial charge in [-0.25, -0.2) is 5.43 Å². The predicted molar refractivity (Wildman–Crippen MR) is 82.5 cm³/mol. The quantitative estimate of drug-likeness (QED) is 0.521. The number of amides is 1. The zero-order valence-electron chi connectivity index (χ0n) is 10.2. The fourth-order valence-electron chi connectivity index (χ4n) is 1.40. The van der Waals surface area contributed by atoms with Crippen molar-refractivity contribution >= 4 is 51.7 Å². The first-order valence-electron chi connectivity index (χ1n) is 5.49. The number of hydrazone groups is 1. The lowest BCUT2D eigenvalue weighted by Gasteiger charge is -2.02. The number of nitro groups is 1. The summed E-state index contributed by atoms with van der Waals surface area (Å²) in [5.41, 5.74) is 2.99. The Labute approximate surface area is 133 Å². The minimum Gasteiger partial charge on any atom is -0.267 e. The zero-order valence-corrected chi connectivity index (χ0v) is 12.6. The van der Waals surface area contributed by atoms with E-state index in [0.717, 1.165) is 11.3 Å². The maximum absolute atomic E-state index is 11.8. The van der Waals surface area contributed by atoms with Gasteiger partial charge in [0.1, 0.15) is 0 Å². The van der Waals surface area contributed by atoms with Crippen LogP contribution in [0.3, 0.4) is 0 Å². The molecule has 1 amide bonds. The topological polar surface area (TPSA) is 84.6 Å². The second kappa shape index (κ2) is 6.66. The van der Waals surface area contributed by atoms with Crippen molar-refractivity contribution in [1.29, 1.82) is 0 Å². The molecule has 2 rings (SSSR count). The molecular formula is C12H7Cl2N3O3S. The van der Waals surface area contributed by atoms with Gasteiger partial charge >= 0.3 is 5.00 Å². The summed E-state index contributed by atoms with van der Waals surface area (Å²) >= 11 is 12.6. The van der Waals surface area contributed by atoms with Crippen molar-refractivity contribution in [2.24, 2.45) is 5.10 Å². The second-order valence-electron chi connectivity index (χ2n) is 3.80. The number of hydrogen-bond donors (Lipinski definition) is 1. The highest BCUT2D eigenvalue weighted by molar-refractivity contribution is 7.13. The highest BCUT2D eigenvalue weighted by Crippen LogP contribution is 2.22. The molecule has 1 aromatic carbocycles. The SMILES string of the molecule is O=C(NN=Cc1csc([N+](=O)[O-])c1)c1cc(Cl)ccc1Cl. The van der Waals surface area contributed by atoms with Gasteiger partial charge in [0.15, 0.2) is 0 Å². The van der Waals surface area contributed by atoms with Crippen LogP contribution < -0.4 is 5.43 Å². The van der Waals surface area contributed by atoms with Crippen LogP contribution in [0.4, 0.5) is 5.00 Å². The molecule has 0 unspecified atom stereocenters. The average Bonchev–Trinajstić information content (AvgIpc) is 2.90. The van der Waals surface area contributed by atoms with Crippen LogP contribution >= 0.6 is 34.5 Å². The highest BCUT2D eigenvalue weighted by atomic mass is 35.5. The number of carbonyl (C=O) groups is 1.